The van der Waals surface area contributed by atoms with Crippen LogP contribution in [0.1, 0.15) is 30.6 Å². The fourth-order valence-electron chi connectivity index (χ4n) is 2.63. The van der Waals surface area contributed by atoms with Gasteiger partial charge >= 0.3 is 0 Å². The van der Waals surface area contributed by atoms with Crippen LogP contribution in [0.5, 0.6) is 0 Å². The fraction of sp³-hybridized carbons (Fsp3) is 0.571. The number of nitrogens with zero attached hydrogens (tertiary/aromatic N) is 1. The van der Waals surface area contributed by atoms with Crippen molar-refractivity contribution in [3.8, 4) is 0 Å². The quantitative estimate of drug-likeness (QED) is 0.900. The number of likely N-dealkylation sites (tertiary alicyclic amines) is 1. The summed E-state index contributed by atoms with van der Waals surface area (Å²) in [6, 6.07) is 1.57. The molecule has 2 atom stereocenters. The van der Waals surface area contributed by atoms with Gasteiger partial charge in [0, 0.05) is 13.1 Å². The molecule has 5 heteroatoms. The fourth-order valence-corrected chi connectivity index (χ4v) is 2.63. The summed E-state index contributed by atoms with van der Waals surface area (Å²) < 4.78 is 4.83. The minimum Gasteiger partial charge on any atom is -0.472 e. The lowest BCUT2D eigenvalue weighted by Gasteiger charge is -2.35. The lowest BCUT2D eigenvalue weighted by atomic mass is 9.92. The third-order valence-electron chi connectivity index (χ3n) is 3.41. The van der Waals surface area contributed by atoms with Crippen LogP contribution in [0.15, 0.2) is 23.0 Å². The first-order chi connectivity index (χ1) is 9.06. The summed E-state index contributed by atoms with van der Waals surface area (Å²) in [6.07, 6.45) is 3.96. The predicted molar refractivity (Wildman–Crippen MR) is 70.6 cm³/mol. The van der Waals surface area contributed by atoms with Crippen molar-refractivity contribution in [2.45, 2.75) is 20.3 Å². The summed E-state index contributed by atoms with van der Waals surface area (Å²) in [5.41, 5.74) is 0.438. The molecular formula is C14H20N2O3. The largest absolute Gasteiger partial charge is 0.472 e. The summed E-state index contributed by atoms with van der Waals surface area (Å²) in [7, 11) is 0. The highest BCUT2D eigenvalue weighted by atomic mass is 16.3. The van der Waals surface area contributed by atoms with Gasteiger partial charge in [0.2, 0.25) is 5.91 Å². The molecule has 0 spiro atoms. The highest BCUT2D eigenvalue weighted by molar-refractivity contribution is 5.96. The van der Waals surface area contributed by atoms with Crippen molar-refractivity contribution < 1.29 is 14.0 Å². The first-order valence-corrected chi connectivity index (χ1v) is 6.64. The van der Waals surface area contributed by atoms with Crippen molar-refractivity contribution in [2.75, 3.05) is 19.6 Å². The van der Waals surface area contributed by atoms with E-state index in [2.05, 4.69) is 19.2 Å². The van der Waals surface area contributed by atoms with Crippen molar-refractivity contribution >= 4 is 11.8 Å². The second kappa shape index (κ2) is 5.91. The van der Waals surface area contributed by atoms with Crippen LogP contribution in [-0.2, 0) is 4.79 Å². The van der Waals surface area contributed by atoms with Crippen molar-refractivity contribution in [3.05, 3.63) is 24.2 Å². The highest BCUT2D eigenvalue weighted by Gasteiger charge is 2.25. The van der Waals surface area contributed by atoms with E-state index in [1.54, 1.807) is 6.07 Å². The average molecular weight is 264 g/mol. The molecule has 1 saturated heterocycles. The molecule has 0 saturated carbocycles. The molecule has 1 N–H and O–H groups in total. The number of furan rings is 1. The van der Waals surface area contributed by atoms with Crippen LogP contribution in [0, 0.1) is 11.8 Å². The molecule has 2 unspecified atom stereocenters. The van der Waals surface area contributed by atoms with E-state index in [1.807, 2.05) is 4.90 Å². The highest BCUT2D eigenvalue weighted by Crippen LogP contribution is 2.20. The van der Waals surface area contributed by atoms with E-state index < -0.39 is 0 Å². The van der Waals surface area contributed by atoms with E-state index in [1.165, 1.54) is 12.5 Å². The molecule has 1 aliphatic heterocycles. The van der Waals surface area contributed by atoms with Crippen LogP contribution in [-0.4, -0.2) is 36.3 Å². The molecule has 1 aromatic heterocycles. The number of hydrogen-bond donors (Lipinski definition) is 1. The lowest BCUT2D eigenvalue weighted by Crippen LogP contribution is -2.46. The standard InChI is InChI=1S/C14H20N2O3/c1-10-5-11(2)8-16(7-10)13(17)6-15-14(18)12-3-4-19-9-12/h3-4,9-11H,5-8H2,1-2H3,(H,15,18). The summed E-state index contributed by atoms with van der Waals surface area (Å²) in [5, 5.41) is 2.62. The van der Waals surface area contributed by atoms with E-state index in [0.29, 0.717) is 17.4 Å². The minimum atomic E-state index is -0.278. The number of nitrogens with one attached hydrogen (secondary N) is 1. The lowest BCUT2D eigenvalue weighted by molar-refractivity contribution is -0.132. The molecule has 2 heterocycles. The molecule has 1 fully saturated rings. The molecule has 5 nitrogen and oxygen atoms in total. The van der Waals surface area contributed by atoms with Gasteiger partial charge in [0.25, 0.3) is 5.91 Å². The number of rotatable bonds is 3. The number of hydrogen-bond acceptors (Lipinski definition) is 3. The van der Waals surface area contributed by atoms with Gasteiger partial charge in [-0.25, -0.2) is 0 Å². The van der Waals surface area contributed by atoms with Crippen LogP contribution in [0.2, 0.25) is 0 Å². The van der Waals surface area contributed by atoms with Crippen molar-refractivity contribution in [1.29, 1.82) is 0 Å². The van der Waals surface area contributed by atoms with Gasteiger partial charge in [0.15, 0.2) is 0 Å². The molecule has 1 aromatic rings. The summed E-state index contributed by atoms with van der Waals surface area (Å²) >= 11 is 0. The van der Waals surface area contributed by atoms with Gasteiger partial charge in [-0.15, -0.1) is 0 Å². The zero-order chi connectivity index (χ0) is 13.8. The Morgan fingerprint density at radius 3 is 2.63 bits per heavy atom. The van der Waals surface area contributed by atoms with Gasteiger partial charge in [-0.05, 0) is 24.3 Å². The van der Waals surface area contributed by atoms with Crippen LogP contribution >= 0.6 is 0 Å². The maximum atomic E-state index is 12.1. The Morgan fingerprint density at radius 1 is 1.37 bits per heavy atom. The Bertz CT molecular complexity index is 432. The minimum absolute atomic E-state index is 0.0183. The van der Waals surface area contributed by atoms with E-state index in [9.17, 15) is 9.59 Å². The van der Waals surface area contributed by atoms with E-state index in [-0.39, 0.29) is 18.4 Å². The SMILES string of the molecule is CC1CC(C)CN(C(=O)CNC(=O)c2ccoc2)C1. The van der Waals surface area contributed by atoms with Gasteiger partial charge in [-0.3, -0.25) is 9.59 Å². The van der Waals surface area contributed by atoms with E-state index >= 15 is 0 Å². The number of piperidine rings is 1. The van der Waals surface area contributed by atoms with Gasteiger partial charge in [0.1, 0.15) is 6.26 Å². The second-order valence-corrected chi connectivity index (χ2v) is 5.44. The summed E-state index contributed by atoms with van der Waals surface area (Å²) in [4.78, 5) is 25.6. The molecule has 2 amide bonds. The second-order valence-electron chi connectivity index (χ2n) is 5.44. The monoisotopic (exact) mass is 264 g/mol. The van der Waals surface area contributed by atoms with E-state index in [4.69, 9.17) is 4.42 Å². The van der Waals surface area contributed by atoms with Crippen molar-refractivity contribution in [1.82, 2.24) is 10.2 Å². The van der Waals surface area contributed by atoms with Crippen LogP contribution in [0.3, 0.4) is 0 Å². The first-order valence-electron chi connectivity index (χ1n) is 6.64. The molecule has 0 aliphatic carbocycles. The number of carbonyl (C=O) groups excluding carboxylic acids is 2. The van der Waals surface area contributed by atoms with Gasteiger partial charge in [-0.2, -0.15) is 0 Å². The van der Waals surface area contributed by atoms with Gasteiger partial charge < -0.3 is 14.6 Å². The third-order valence-corrected chi connectivity index (χ3v) is 3.41. The first kappa shape index (κ1) is 13.6. The molecule has 2 rings (SSSR count). The van der Waals surface area contributed by atoms with Crippen LogP contribution in [0.4, 0.5) is 0 Å². The van der Waals surface area contributed by atoms with Crippen molar-refractivity contribution in [3.63, 3.8) is 0 Å². The van der Waals surface area contributed by atoms with Crippen molar-refractivity contribution in [2.24, 2.45) is 11.8 Å². The molecule has 104 valence electrons. The van der Waals surface area contributed by atoms with Crippen LogP contribution in [0.25, 0.3) is 0 Å². The van der Waals surface area contributed by atoms with E-state index in [0.717, 1.165) is 19.5 Å². The molecule has 0 bridgehead atoms. The maximum Gasteiger partial charge on any atom is 0.254 e. The van der Waals surface area contributed by atoms with Crippen LogP contribution < -0.4 is 5.32 Å². The van der Waals surface area contributed by atoms with Gasteiger partial charge in [0.05, 0.1) is 18.4 Å². The van der Waals surface area contributed by atoms with Gasteiger partial charge in [-0.1, -0.05) is 13.8 Å². The topological polar surface area (TPSA) is 62.6 Å². The number of carbonyl (C=O) groups is 2. The molecule has 1 aliphatic rings. The smallest absolute Gasteiger partial charge is 0.254 e. The normalized spacial score (nSPS) is 23.2. The number of amides is 2. The zero-order valence-corrected chi connectivity index (χ0v) is 11.4. The third kappa shape index (κ3) is 3.59. The Labute approximate surface area is 113 Å². The average Bonchev–Trinajstić information content (AvgIpc) is 2.88. The molecule has 0 aromatic carbocycles. The molecular weight excluding hydrogens is 244 g/mol. The zero-order valence-electron chi connectivity index (χ0n) is 11.4. The summed E-state index contributed by atoms with van der Waals surface area (Å²) in [6.45, 7) is 5.92. The Hall–Kier alpha value is -1.78. The Morgan fingerprint density at radius 2 is 2.05 bits per heavy atom. The Balaban J connectivity index is 1.82. The maximum absolute atomic E-state index is 12.1. The Kier molecular flexibility index (Phi) is 4.24. The predicted octanol–water partition coefficient (Wildman–Crippen LogP) is 1.51. The summed E-state index contributed by atoms with van der Waals surface area (Å²) in [5.74, 6) is 0.755. The molecule has 19 heavy (non-hydrogen) atoms. The molecule has 0 radical (unpaired) electrons.